The van der Waals surface area contributed by atoms with Gasteiger partial charge in [-0.3, -0.25) is 14.6 Å². The molecule has 7 nitrogen and oxygen atoms in total. The smallest absolute Gasteiger partial charge is 0.243 e. The van der Waals surface area contributed by atoms with Gasteiger partial charge < -0.3 is 15.5 Å². The highest BCUT2D eigenvalue weighted by molar-refractivity contribution is 9.10. The molecule has 2 heterocycles. The first-order valence-corrected chi connectivity index (χ1v) is 9.67. The van der Waals surface area contributed by atoms with Crippen LogP contribution in [0.2, 0.25) is 0 Å². The van der Waals surface area contributed by atoms with Crippen molar-refractivity contribution in [2.24, 2.45) is 5.92 Å². The van der Waals surface area contributed by atoms with E-state index < -0.39 is 0 Å². The van der Waals surface area contributed by atoms with Crippen LogP contribution in [0.15, 0.2) is 41.3 Å². The number of amides is 2. The zero-order valence-electron chi connectivity index (χ0n) is 15.1. The molecule has 27 heavy (non-hydrogen) atoms. The molecule has 3 rings (SSSR count). The number of piperidine rings is 1. The number of nitrogens with zero attached hydrogens (tertiary/aromatic N) is 3. The average Bonchev–Trinajstić information content (AvgIpc) is 2.69. The topological polar surface area (TPSA) is 87.2 Å². The summed E-state index contributed by atoms with van der Waals surface area (Å²) in [5.41, 5.74) is 1.69. The van der Waals surface area contributed by atoms with E-state index in [-0.39, 0.29) is 24.3 Å². The van der Waals surface area contributed by atoms with Gasteiger partial charge in [0.2, 0.25) is 11.8 Å². The van der Waals surface area contributed by atoms with Gasteiger partial charge >= 0.3 is 0 Å². The van der Waals surface area contributed by atoms with Crippen LogP contribution in [0.5, 0.6) is 0 Å². The van der Waals surface area contributed by atoms with Crippen molar-refractivity contribution in [3.8, 4) is 0 Å². The van der Waals surface area contributed by atoms with E-state index >= 15 is 0 Å². The fourth-order valence-electron chi connectivity index (χ4n) is 3.13. The summed E-state index contributed by atoms with van der Waals surface area (Å²) >= 11 is 3.40. The summed E-state index contributed by atoms with van der Waals surface area (Å²) in [6, 6.07) is 5.63. The number of carbonyl (C=O) groups is 2. The molecule has 1 fully saturated rings. The van der Waals surface area contributed by atoms with Crippen molar-refractivity contribution >= 4 is 39.2 Å². The molecule has 1 atom stereocenters. The fraction of sp³-hybridized carbons (Fsp3) is 0.368. The number of benzene rings is 1. The molecule has 0 spiro atoms. The van der Waals surface area contributed by atoms with Gasteiger partial charge in [-0.2, -0.15) is 0 Å². The van der Waals surface area contributed by atoms with E-state index in [1.807, 2.05) is 25.1 Å². The summed E-state index contributed by atoms with van der Waals surface area (Å²) in [6.07, 6.45) is 6.68. The third-order valence-electron chi connectivity index (χ3n) is 4.55. The molecule has 0 unspecified atom stereocenters. The molecule has 0 radical (unpaired) electrons. The normalized spacial score (nSPS) is 16.7. The van der Waals surface area contributed by atoms with Crippen molar-refractivity contribution in [3.63, 3.8) is 0 Å². The zero-order valence-corrected chi connectivity index (χ0v) is 16.7. The Bertz CT molecular complexity index is 815. The van der Waals surface area contributed by atoms with Crippen LogP contribution >= 0.6 is 15.9 Å². The van der Waals surface area contributed by atoms with E-state index in [1.54, 1.807) is 18.6 Å². The fourth-order valence-corrected chi connectivity index (χ4v) is 3.60. The first-order valence-electron chi connectivity index (χ1n) is 8.87. The summed E-state index contributed by atoms with van der Waals surface area (Å²) in [7, 11) is 0. The molecule has 1 aliphatic rings. The van der Waals surface area contributed by atoms with E-state index in [4.69, 9.17) is 0 Å². The lowest BCUT2D eigenvalue weighted by molar-refractivity contribution is -0.127. The Balaban J connectivity index is 1.50. The van der Waals surface area contributed by atoms with Crippen LogP contribution in [0.1, 0.15) is 18.4 Å². The summed E-state index contributed by atoms with van der Waals surface area (Å²) in [5, 5.41) is 5.58. The quantitative estimate of drug-likeness (QED) is 0.759. The number of halogens is 1. The molecule has 142 valence electrons. The van der Waals surface area contributed by atoms with Gasteiger partial charge in [-0.25, -0.2) is 4.98 Å². The predicted molar refractivity (Wildman–Crippen MR) is 107 cm³/mol. The molecule has 2 N–H and O–H groups in total. The van der Waals surface area contributed by atoms with E-state index in [1.165, 1.54) is 0 Å². The van der Waals surface area contributed by atoms with Gasteiger partial charge in [-0.15, -0.1) is 0 Å². The molecule has 2 aromatic rings. The minimum Gasteiger partial charge on any atom is -0.355 e. The highest BCUT2D eigenvalue weighted by Gasteiger charge is 2.26. The Morgan fingerprint density at radius 1 is 1.33 bits per heavy atom. The lowest BCUT2D eigenvalue weighted by atomic mass is 9.97. The van der Waals surface area contributed by atoms with Gasteiger partial charge in [0.05, 0.1) is 18.7 Å². The SMILES string of the molecule is Cc1cc(Br)ccc1NC(=O)CNC(=O)[C@@H]1CCCN(c2cnccn2)C1. The monoisotopic (exact) mass is 431 g/mol. The molecular weight excluding hydrogens is 410 g/mol. The number of carbonyl (C=O) groups excluding carboxylic acids is 2. The van der Waals surface area contributed by atoms with Gasteiger partial charge in [0.15, 0.2) is 0 Å². The second kappa shape index (κ2) is 8.94. The molecule has 0 bridgehead atoms. The van der Waals surface area contributed by atoms with Crippen LogP contribution < -0.4 is 15.5 Å². The Hall–Kier alpha value is -2.48. The van der Waals surface area contributed by atoms with Crippen molar-refractivity contribution < 1.29 is 9.59 Å². The number of rotatable bonds is 5. The molecule has 1 aliphatic heterocycles. The number of hydrogen-bond acceptors (Lipinski definition) is 5. The molecular formula is C19H22BrN5O2. The number of nitrogens with one attached hydrogen (secondary N) is 2. The number of aryl methyl sites for hydroxylation is 1. The van der Waals surface area contributed by atoms with E-state index in [0.717, 1.165) is 40.9 Å². The van der Waals surface area contributed by atoms with Crippen molar-refractivity contribution in [2.75, 3.05) is 29.9 Å². The van der Waals surface area contributed by atoms with Gasteiger partial charge in [-0.1, -0.05) is 15.9 Å². The van der Waals surface area contributed by atoms with E-state index in [9.17, 15) is 9.59 Å². The van der Waals surface area contributed by atoms with Gasteiger partial charge in [-0.05, 0) is 43.5 Å². The van der Waals surface area contributed by atoms with E-state index in [2.05, 4.69) is 41.4 Å². The van der Waals surface area contributed by atoms with Crippen LogP contribution in [0.25, 0.3) is 0 Å². The maximum Gasteiger partial charge on any atom is 0.243 e. The third-order valence-corrected chi connectivity index (χ3v) is 5.04. The van der Waals surface area contributed by atoms with Crippen LogP contribution in [-0.4, -0.2) is 41.4 Å². The van der Waals surface area contributed by atoms with Crippen LogP contribution in [0.3, 0.4) is 0 Å². The minimum absolute atomic E-state index is 0.0457. The van der Waals surface area contributed by atoms with Gasteiger partial charge in [0, 0.05) is 35.6 Å². The summed E-state index contributed by atoms with van der Waals surface area (Å²) in [5.74, 6) is 0.267. The molecule has 1 aromatic carbocycles. The first kappa shape index (κ1) is 19.3. The number of anilines is 2. The molecule has 0 aliphatic carbocycles. The highest BCUT2D eigenvalue weighted by atomic mass is 79.9. The second-order valence-electron chi connectivity index (χ2n) is 6.57. The van der Waals surface area contributed by atoms with Crippen LogP contribution in [-0.2, 0) is 9.59 Å². The lowest BCUT2D eigenvalue weighted by Crippen LogP contribution is -2.45. The highest BCUT2D eigenvalue weighted by Crippen LogP contribution is 2.21. The molecule has 1 aromatic heterocycles. The van der Waals surface area contributed by atoms with Gasteiger partial charge in [0.1, 0.15) is 5.82 Å². The largest absolute Gasteiger partial charge is 0.355 e. The Labute approximate surface area is 166 Å². The molecule has 1 saturated heterocycles. The van der Waals surface area contributed by atoms with Crippen molar-refractivity contribution in [1.29, 1.82) is 0 Å². The Morgan fingerprint density at radius 2 is 2.19 bits per heavy atom. The van der Waals surface area contributed by atoms with Gasteiger partial charge in [0.25, 0.3) is 0 Å². The van der Waals surface area contributed by atoms with Crippen LogP contribution in [0, 0.1) is 12.8 Å². The Kier molecular flexibility index (Phi) is 6.39. The minimum atomic E-state index is -0.240. The van der Waals surface area contributed by atoms with Crippen molar-refractivity contribution in [3.05, 3.63) is 46.8 Å². The second-order valence-corrected chi connectivity index (χ2v) is 7.49. The lowest BCUT2D eigenvalue weighted by Gasteiger charge is -2.32. The standard InChI is InChI=1S/C19H22BrN5O2/c1-13-9-15(20)4-5-16(13)24-18(26)11-23-19(27)14-3-2-8-25(12-14)17-10-21-6-7-22-17/h4-7,9-10,14H,2-3,8,11-12H2,1H3,(H,23,27)(H,24,26)/t14-/m1/s1. The first-order chi connectivity index (χ1) is 13.0. The van der Waals surface area contributed by atoms with Crippen molar-refractivity contribution in [1.82, 2.24) is 15.3 Å². The third kappa shape index (κ3) is 5.26. The number of hydrogen-bond donors (Lipinski definition) is 2. The number of aromatic nitrogens is 2. The zero-order chi connectivity index (χ0) is 19.2. The summed E-state index contributed by atoms with van der Waals surface area (Å²) in [6.45, 7) is 3.31. The predicted octanol–water partition coefficient (Wildman–Crippen LogP) is 2.52. The molecule has 8 heteroatoms. The maximum absolute atomic E-state index is 12.5. The Morgan fingerprint density at radius 3 is 2.93 bits per heavy atom. The molecule has 0 saturated carbocycles. The summed E-state index contributed by atoms with van der Waals surface area (Å²) in [4.78, 5) is 35.1. The maximum atomic E-state index is 12.5. The average molecular weight is 432 g/mol. The van der Waals surface area contributed by atoms with Crippen molar-refractivity contribution in [2.45, 2.75) is 19.8 Å². The summed E-state index contributed by atoms with van der Waals surface area (Å²) < 4.78 is 0.955. The van der Waals surface area contributed by atoms with E-state index in [0.29, 0.717) is 6.54 Å². The van der Waals surface area contributed by atoms with Crippen LogP contribution in [0.4, 0.5) is 11.5 Å². The molecule has 2 amide bonds.